The number of primary amides is 1. The van der Waals surface area contributed by atoms with E-state index in [2.05, 4.69) is 5.73 Å². The maximum atomic E-state index is 13.4. The summed E-state index contributed by atoms with van der Waals surface area (Å²) in [6.45, 7) is 0. The molecule has 0 aromatic rings. The largest absolute Gasteiger partial charge is 0.460 e. The number of carbonyl (C=O) groups is 1. The Morgan fingerprint density at radius 1 is 0.516 bits per heavy atom. The fourth-order valence-electron chi connectivity index (χ4n) is 1.84. The zero-order chi connectivity index (χ0) is 25.7. The molecule has 0 rings (SSSR count). The van der Waals surface area contributed by atoms with E-state index >= 15 is 0 Å². The number of alkyl halides is 17. The van der Waals surface area contributed by atoms with Gasteiger partial charge in [-0.25, -0.2) is 0 Å². The number of nitrogens with two attached hydrogens (primary N) is 1. The van der Waals surface area contributed by atoms with Crippen LogP contribution in [0, 0.1) is 0 Å². The minimum Gasteiger partial charge on any atom is -0.370 e. The maximum Gasteiger partial charge on any atom is 0.460 e. The van der Waals surface area contributed by atoms with Crippen molar-refractivity contribution in [2.45, 2.75) is 66.9 Å². The van der Waals surface area contributed by atoms with E-state index < -0.39 is 72.8 Å². The van der Waals surface area contributed by atoms with E-state index in [1.165, 1.54) is 0 Å². The SMILES string of the molecule is NC(=O)CCCC(F)(F)C(F)(F)C(F)(F)C(F)(F)C(F)(F)C(F)(F)C(F)(F)C(F)(F)F. The van der Waals surface area contributed by atoms with Crippen molar-refractivity contribution in [3.8, 4) is 0 Å². The van der Waals surface area contributed by atoms with Crippen molar-refractivity contribution in [2.24, 2.45) is 5.73 Å². The Bertz CT molecular complexity index is 665. The Morgan fingerprint density at radius 3 is 1.10 bits per heavy atom. The van der Waals surface area contributed by atoms with Crippen LogP contribution >= 0.6 is 0 Å². The van der Waals surface area contributed by atoms with Crippen LogP contribution in [0.2, 0.25) is 0 Å². The molecule has 0 aromatic heterocycles. The Kier molecular flexibility index (Phi) is 7.27. The highest BCUT2D eigenvalue weighted by atomic mass is 19.4. The van der Waals surface area contributed by atoms with Gasteiger partial charge in [-0.2, -0.15) is 74.6 Å². The maximum absolute atomic E-state index is 13.4. The van der Waals surface area contributed by atoms with Crippen LogP contribution < -0.4 is 5.73 Å². The Hall–Kier alpha value is -1.72. The third-order valence-electron chi connectivity index (χ3n) is 3.70. The minimum absolute atomic E-state index is 1.26. The molecule has 0 aliphatic heterocycles. The van der Waals surface area contributed by atoms with Gasteiger partial charge in [0.2, 0.25) is 5.91 Å². The molecule has 0 unspecified atom stereocenters. The number of halogens is 17. The van der Waals surface area contributed by atoms with Crippen molar-refractivity contribution < 1.29 is 79.4 Å². The molecular formula is C12H8F17NO. The standard InChI is InChI=1S/C12H8F17NO/c13-5(14,3-1-2-4(30)31)6(15,16)7(17,18)8(19,20)9(21,22)10(23,24)11(25,26)12(27,28)29/h1-3H2,(H2,30,31). The highest BCUT2D eigenvalue weighted by Crippen LogP contribution is 2.64. The van der Waals surface area contributed by atoms with Crippen LogP contribution in [-0.4, -0.2) is 53.5 Å². The smallest absolute Gasteiger partial charge is 0.370 e. The molecule has 2 N–H and O–H groups in total. The number of amides is 1. The van der Waals surface area contributed by atoms with Gasteiger partial charge in [-0.1, -0.05) is 0 Å². The Morgan fingerprint density at radius 2 is 0.806 bits per heavy atom. The Balaban J connectivity index is 6.46. The lowest BCUT2D eigenvalue weighted by Crippen LogP contribution is -2.74. The zero-order valence-corrected chi connectivity index (χ0v) is 14.0. The second kappa shape index (κ2) is 7.70. The summed E-state index contributed by atoms with van der Waals surface area (Å²) in [6.07, 6.45) is -13.3. The van der Waals surface area contributed by atoms with Gasteiger partial charge in [0.05, 0.1) is 0 Å². The van der Waals surface area contributed by atoms with E-state index in [0.717, 1.165) is 0 Å². The Labute approximate surface area is 159 Å². The molecule has 0 spiro atoms. The highest BCUT2D eigenvalue weighted by molar-refractivity contribution is 5.73. The third-order valence-corrected chi connectivity index (χ3v) is 3.70. The molecule has 0 atom stereocenters. The minimum atomic E-state index is -8.64. The van der Waals surface area contributed by atoms with E-state index in [9.17, 15) is 79.4 Å². The fourth-order valence-corrected chi connectivity index (χ4v) is 1.84. The van der Waals surface area contributed by atoms with Gasteiger partial charge in [0.25, 0.3) is 0 Å². The first-order valence-corrected chi connectivity index (χ1v) is 7.16. The molecule has 2 nitrogen and oxygen atoms in total. The van der Waals surface area contributed by atoms with Crippen LogP contribution in [0.1, 0.15) is 19.3 Å². The van der Waals surface area contributed by atoms with E-state index in [1.807, 2.05) is 0 Å². The third kappa shape index (κ3) is 4.19. The summed E-state index contributed by atoms with van der Waals surface area (Å²) in [5, 5.41) is 0. The molecule has 0 aliphatic carbocycles. The van der Waals surface area contributed by atoms with Crippen molar-refractivity contribution in [3.05, 3.63) is 0 Å². The van der Waals surface area contributed by atoms with Crippen molar-refractivity contribution in [3.63, 3.8) is 0 Å². The van der Waals surface area contributed by atoms with Crippen LogP contribution in [0.25, 0.3) is 0 Å². The summed E-state index contributed by atoms with van der Waals surface area (Å²) >= 11 is 0. The first-order chi connectivity index (χ1) is 13.2. The quantitative estimate of drug-likeness (QED) is 0.384. The van der Waals surface area contributed by atoms with Gasteiger partial charge in [0.15, 0.2) is 0 Å². The molecule has 0 heterocycles. The predicted octanol–water partition coefficient (Wildman–Crippen LogP) is 5.65. The molecule has 19 heteroatoms. The fraction of sp³-hybridized carbons (Fsp3) is 0.917. The zero-order valence-electron chi connectivity index (χ0n) is 14.0. The number of hydrogen-bond donors (Lipinski definition) is 1. The predicted molar refractivity (Wildman–Crippen MR) is 63.7 cm³/mol. The summed E-state index contributed by atoms with van der Waals surface area (Å²) in [6, 6.07) is 0. The van der Waals surface area contributed by atoms with Gasteiger partial charge < -0.3 is 5.73 Å². The lowest BCUT2D eigenvalue weighted by molar-refractivity contribution is -0.461. The molecule has 186 valence electrons. The molecule has 0 radical (unpaired) electrons. The van der Waals surface area contributed by atoms with Gasteiger partial charge in [0.1, 0.15) is 0 Å². The van der Waals surface area contributed by atoms with Crippen molar-refractivity contribution >= 4 is 5.91 Å². The number of carbonyl (C=O) groups excluding carboxylic acids is 1. The molecule has 0 saturated heterocycles. The van der Waals surface area contributed by atoms with Crippen LogP contribution in [-0.2, 0) is 4.79 Å². The van der Waals surface area contributed by atoms with Crippen molar-refractivity contribution in [1.82, 2.24) is 0 Å². The molecule has 31 heavy (non-hydrogen) atoms. The molecule has 0 fully saturated rings. The van der Waals surface area contributed by atoms with Gasteiger partial charge in [-0.15, -0.1) is 0 Å². The van der Waals surface area contributed by atoms with Crippen LogP contribution in [0.5, 0.6) is 0 Å². The topological polar surface area (TPSA) is 43.1 Å². The van der Waals surface area contributed by atoms with Gasteiger partial charge in [-0.05, 0) is 6.42 Å². The molecule has 0 saturated carbocycles. The molecule has 0 aromatic carbocycles. The second-order valence-electron chi connectivity index (χ2n) is 5.97. The van der Waals surface area contributed by atoms with E-state index in [1.54, 1.807) is 0 Å². The van der Waals surface area contributed by atoms with E-state index in [-0.39, 0.29) is 0 Å². The average molecular weight is 505 g/mol. The average Bonchev–Trinajstić information content (AvgIpc) is 2.51. The van der Waals surface area contributed by atoms with Gasteiger partial charge >= 0.3 is 47.6 Å². The first-order valence-electron chi connectivity index (χ1n) is 7.16. The number of hydrogen-bond acceptors (Lipinski definition) is 1. The molecular weight excluding hydrogens is 497 g/mol. The molecule has 1 amide bonds. The lowest BCUT2D eigenvalue weighted by Gasteiger charge is -2.42. The summed E-state index contributed by atoms with van der Waals surface area (Å²) < 4.78 is 220. The van der Waals surface area contributed by atoms with Gasteiger partial charge in [0, 0.05) is 12.8 Å². The summed E-state index contributed by atoms with van der Waals surface area (Å²) in [7, 11) is 0. The summed E-state index contributed by atoms with van der Waals surface area (Å²) in [4.78, 5) is 10.3. The number of rotatable bonds is 10. The van der Waals surface area contributed by atoms with Crippen molar-refractivity contribution in [2.75, 3.05) is 0 Å². The van der Waals surface area contributed by atoms with Crippen molar-refractivity contribution in [1.29, 1.82) is 0 Å². The van der Waals surface area contributed by atoms with Crippen LogP contribution in [0.4, 0.5) is 74.6 Å². The normalized spacial score (nSPS) is 15.9. The van der Waals surface area contributed by atoms with Crippen LogP contribution in [0.3, 0.4) is 0 Å². The lowest BCUT2D eigenvalue weighted by atomic mass is 9.88. The summed E-state index contributed by atoms with van der Waals surface area (Å²) in [5.74, 6) is -58.0. The molecule has 0 aliphatic rings. The van der Waals surface area contributed by atoms with E-state index in [0.29, 0.717) is 0 Å². The van der Waals surface area contributed by atoms with Gasteiger partial charge in [-0.3, -0.25) is 4.79 Å². The summed E-state index contributed by atoms with van der Waals surface area (Å²) in [5.41, 5.74) is 4.38. The second-order valence-corrected chi connectivity index (χ2v) is 5.97. The van der Waals surface area contributed by atoms with Crippen LogP contribution in [0.15, 0.2) is 0 Å². The highest BCUT2D eigenvalue weighted by Gasteiger charge is 2.95. The van der Waals surface area contributed by atoms with E-state index in [4.69, 9.17) is 0 Å². The monoisotopic (exact) mass is 505 g/mol. The first kappa shape index (κ1) is 29.3. The molecule has 0 bridgehead atoms.